The molecule has 20 heavy (non-hydrogen) atoms. The molecule has 2 rings (SSSR count). The predicted octanol–water partition coefficient (Wildman–Crippen LogP) is 1.33. The minimum absolute atomic E-state index is 0.0159. The van der Waals surface area contributed by atoms with Gasteiger partial charge in [-0.2, -0.15) is 0 Å². The number of nitrogens with zero attached hydrogens (tertiary/aromatic N) is 1. The number of amides is 1. The van der Waals surface area contributed by atoms with Gasteiger partial charge in [-0.15, -0.1) is 0 Å². The highest BCUT2D eigenvalue weighted by Gasteiger charge is 2.47. The summed E-state index contributed by atoms with van der Waals surface area (Å²) >= 11 is 3.16. The van der Waals surface area contributed by atoms with Gasteiger partial charge in [0.15, 0.2) is 0 Å². The molecule has 1 aliphatic rings. The number of nitro groups is 1. The molecule has 1 fully saturated rings. The Balaban J connectivity index is 2.14. The van der Waals surface area contributed by atoms with Crippen molar-refractivity contribution in [2.24, 2.45) is 17.4 Å². The van der Waals surface area contributed by atoms with Crippen LogP contribution in [0.15, 0.2) is 22.7 Å². The third-order valence-electron chi connectivity index (χ3n) is 3.31. The minimum Gasteiger partial charge on any atom is -0.491 e. The third-order valence-corrected chi connectivity index (χ3v) is 3.77. The highest BCUT2D eigenvalue weighted by atomic mass is 79.9. The smallest absolute Gasteiger partial charge is 0.274 e. The van der Waals surface area contributed by atoms with Gasteiger partial charge >= 0.3 is 0 Å². The molecular formula is C12H14BrN3O4. The van der Waals surface area contributed by atoms with Gasteiger partial charge in [-0.25, -0.2) is 0 Å². The average Bonchev–Trinajstić information content (AvgIpc) is 3.19. The molecule has 1 atom stereocenters. The Morgan fingerprint density at radius 1 is 1.50 bits per heavy atom. The fourth-order valence-corrected chi connectivity index (χ4v) is 2.39. The van der Waals surface area contributed by atoms with Crippen molar-refractivity contribution in [2.45, 2.75) is 18.4 Å². The van der Waals surface area contributed by atoms with E-state index < -0.39 is 16.4 Å². The number of primary amides is 1. The Labute approximate surface area is 123 Å². The zero-order chi connectivity index (χ0) is 14.9. The van der Waals surface area contributed by atoms with Gasteiger partial charge in [0.1, 0.15) is 17.9 Å². The maximum atomic E-state index is 11.5. The molecule has 0 aromatic heterocycles. The van der Waals surface area contributed by atoms with Crippen LogP contribution in [0.1, 0.15) is 12.8 Å². The molecule has 0 saturated heterocycles. The second-order valence-electron chi connectivity index (χ2n) is 4.87. The van der Waals surface area contributed by atoms with Crippen LogP contribution in [0.2, 0.25) is 0 Å². The maximum Gasteiger partial charge on any atom is 0.274 e. The van der Waals surface area contributed by atoms with Crippen molar-refractivity contribution in [3.05, 3.63) is 32.8 Å². The number of rotatable bonds is 6. The topological polar surface area (TPSA) is 121 Å². The molecular weight excluding hydrogens is 330 g/mol. The Hall–Kier alpha value is -1.67. The van der Waals surface area contributed by atoms with Gasteiger partial charge in [0.05, 0.1) is 11.0 Å². The molecule has 0 spiro atoms. The van der Waals surface area contributed by atoms with Crippen LogP contribution in [-0.4, -0.2) is 23.0 Å². The molecule has 8 heteroatoms. The Morgan fingerprint density at radius 3 is 2.65 bits per heavy atom. The highest BCUT2D eigenvalue weighted by Crippen LogP contribution is 2.38. The Bertz CT molecular complexity index is 562. The van der Waals surface area contributed by atoms with E-state index in [-0.39, 0.29) is 24.0 Å². The Kier molecular flexibility index (Phi) is 3.96. The molecule has 7 nitrogen and oxygen atoms in total. The van der Waals surface area contributed by atoms with Gasteiger partial charge in [0, 0.05) is 10.5 Å². The molecule has 1 aliphatic carbocycles. The van der Waals surface area contributed by atoms with E-state index in [1.807, 2.05) is 0 Å². The van der Waals surface area contributed by atoms with E-state index in [0.717, 1.165) is 12.8 Å². The van der Waals surface area contributed by atoms with E-state index in [1.54, 1.807) is 6.07 Å². The first kappa shape index (κ1) is 14.7. The van der Waals surface area contributed by atoms with Crippen LogP contribution >= 0.6 is 15.9 Å². The van der Waals surface area contributed by atoms with Crippen molar-refractivity contribution < 1.29 is 14.5 Å². The lowest BCUT2D eigenvalue weighted by Crippen LogP contribution is -2.58. The molecule has 0 aliphatic heterocycles. The SMILES string of the molecule is NC(=O)C(N)(COc1cc(Br)cc([N+](=O)[O-])c1)C1CC1. The Morgan fingerprint density at radius 2 is 2.15 bits per heavy atom. The van der Waals surface area contributed by atoms with Crippen LogP contribution in [-0.2, 0) is 4.79 Å². The number of hydrogen-bond donors (Lipinski definition) is 2. The van der Waals surface area contributed by atoms with Crippen LogP contribution in [0, 0.1) is 16.0 Å². The second-order valence-corrected chi connectivity index (χ2v) is 5.79. The first-order valence-electron chi connectivity index (χ1n) is 5.99. The summed E-state index contributed by atoms with van der Waals surface area (Å²) in [5.41, 5.74) is 9.97. The first-order valence-corrected chi connectivity index (χ1v) is 6.79. The van der Waals surface area contributed by atoms with E-state index >= 15 is 0 Å². The van der Waals surface area contributed by atoms with Gasteiger partial charge in [-0.3, -0.25) is 14.9 Å². The summed E-state index contributed by atoms with van der Waals surface area (Å²) in [7, 11) is 0. The quantitative estimate of drug-likeness (QED) is 0.595. The van der Waals surface area contributed by atoms with Gasteiger partial charge in [0.2, 0.25) is 5.91 Å². The summed E-state index contributed by atoms with van der Waals surface area (Å²) in [6.45, 7) is -0.0966. The van der Waals surface area contributed by atoms with Crippen molar-refractivity contribution in [2.75, 3.05) is 6.61 Å². The molecule has 4 N–H and O–H groups in total. The molecule has 1 aromatic carbocycles. The standard InChI is InChI=1S/C12H14BrN3O4/c13-8-3-9(16(18)19)5-10(4-8)20-6-12(15,11(14)17)7-1-2-7/h3-5,7H,1-2,6,15H2,(H2,14,17). The van der Waals surface area contributed by atoms with Crippen molar-refractivity contribution in [3.63, 3.8) is 0 Å². The van der Waals surface area contributed by atoms with Gasteiger partial charge in [-0.1, -0.05) is 15.9 Å². The fourth-order valence-electron chi connectivity index (χ4n) is 1.93. The second kappa shape index (κ2) is 5.37. The van der Waals surface area contributed by atoms with Crippen LogP contribution in [0.25, 0.3) is 0 Å². The minimum atomic E-state index is -1.23. The van der Waals surface area contributed by atoms with Gasteiger partial charge < -0.3 is 16.2 Å². The number of benzene rings is 1. The molecule has 1 amide bonds. The van der Waals surface area contributed by atoms with Gasteiger partial charge in [0.25, 0.3) is 5.69 Å². The summed E-state index contributed by atoms with van der Waals surface area (Å²) in [4.78, 5) is 21.7. The first-order chi connectivity index (χ1) is 9.33. The number of nitrogens with two attached hydrogens (primary N) is 2. The molecule has 108 valence electrons. The highest BCUT2D eigenvalue weighted by molar-refractivity contribution is 9.10. The van der Waals surface area contributed by atoms with E-state index in [9.17, 15) is 14.9 Å². The summed E-state index contributed by atoms with van der Waals surface area (Å²) < 4.78 is 5.95. The molecule has 1 saturated carbocycles. The van der Waals surface area contributed by atoms with E-state index in [2.05, 4.69) is 15.9 Å². The van der Waals surface area contributed by atoms with Crippen LogP contribution in [0.3, 0.4) is 0 Å². The van der Waals surface area contributed by atoms with Crippen molar-refractivity contribution in [3.8, 4) is 5.75 Å². The fraction of sp³-hybridized carbons (Fsp3) is 0.417. The van der Waals surface area contributed by atoms with Gasteiger partial charge in [-0.05, 0) is 24.8 Å². The van der Waals surface area contributed by atoms with Crippen LogP contribution in [0.5, 0.6) is 5.75 Å². The van der Waals surface area contributed by atoms with E-state index in [0.29, 0.717) is 4.47 Å². The molecule has 0 bridgehead atoms. The van der Waals surface area contributed by atoms with Crippen molar-refractivity contribution in [1.82, 2.24) is 0 Å². The predicted molar refractivity (Wildman–Crippen MR) is 75.1 cm³/mol. The lowest BCUT2D eigenvalue weighted by molar-refractivity contribution is -0.385. The van der Waals surface area contributed by atoms with E-state index in [1.165, 1.54) is 12.1 Å². The number of hydrogen-bond acceptors (Lipinski definition) is 5. The lowest BCUT2D eigenvalue weighted by atomic mass is 9.95. The van der Waals surface area contributed by atoms with Crippen molar-refractivity contribution in [1.29, 1.82) is 0 Å². The van der Waals surface area contributed by atoms with Crippen LogP contribution in [0.4, 0.5) is 5.69 Å². The molecule has 1 unspecified atom stereocenters. The largest absolute Gasteiger partial charge is 0.491 e. The number of nitro benzene ring substituents is 1. The molecule has 0 heterocycles. The van der Waals surface area contributed by atoms with E-state index in [4.69, 9.17) is 16.2 Å². The number of halogens is 1. The molecule has 0 radical (unpaired) electrons. The molecule has 1 aromatic rings. The number of carbonyl (C=O) groups excluding carboxylic acids is 1. The number of ether oxygens (including phenoxy) is 1. The average molecular weight is 344 g/mol. The number of non-ortho nitro benzene ring substituents is 1. The monoisotopic (exact) mass is 343 g/mol. The lowest BCUT2D eigenvalue weighted by Gasteiger charge is -2.25. The normalized spacial score (nSPS) is 17.3. The summed E-state index contributed by atoms with van der Waals surface area (Å²) in [5.74, 6) is -0.338. The summed E-state index contributed by atoms with van der Waals surface area (Å²) in [6, 6.07) is 4.21. The number of carbonyl (C=O) groups is 1. The van der Waals surface area contributed by atoms with Crippen molar-refractivity contribution >= 4 is 27.5 Å². The zero-order valence-corrected chi connectivity index (χ0v) is 12.1. The maximum absolute atomic E-state index is 11.5. The summed E-state index contributed by atoms with van der Waals surface area (Å²) in [5, 5.41) is 10.8. The summed E-state index contributed by atoms with van der Waals surface area (Å²) in [6.07, 6.45) is 1.67. The van der Waals surface area contributed by atoms with Crippen LogP contribution < -0.4 is 16.2 Å². The zero-order valence-electron chi connectivity index (χ0n) is 10.5. The third kappa shape index (κ3) is 3.07.